The summed E-state index contributed by atoms with van der Waals surface area (Å²) in [6.07, 6.45) is 0.557. The summed E-state index contributed by atoms with van der Waals surface area (Å²) in [5.74, 6) is -0.361. The second-order valence-corrected chi connectivity index (χ2v) is 8.72. The van der Waals surface area contributed by atoms with Crippen molar-refractivity contribution < 1.29 is 17.9 Å². The highest BCUT2D eigenvalue weighted by molar-refractivity contribution is 7.89. The van der Waals surface area contributed by atoms with Crippen LogP contribution in [0.25, 0.3) is 0 Å². The topological polar surface area (TPSA) is 93.5 Å². The fraction of sp³-hybridized carbons (Fsp3) is 0.474. The highest BCUT2D eigenvalue weighted by Crippen LogP contribution is 2.25. The first-order valence-electron chi connectivity index (χ1n) is 9.28. The number of rotatable bonds is 5. The number of aromatic nitrogens is 2. The summed E-state index contributed by atoms with van der Waals surface area (Å²) in [4.78, 5) is 13.0. The molecule has 0 bridgehead atoms. The molecule has 0 atom stereocenters. The van der Waals surface area contributed by atoms with Crippen LogP contribution in [0.15, 0.2) is 23.1 Å². The Kier molecular flexibility index (Phi) is 5.87. The summed E-state index contributed by atoms with van der Waals surface area (Å²) >= 11 is 0. The molecule has 3 rings (SSSR count). The third-order valence-electron chi connectivity index (χ3n) is 5.05. The van der Waals surface area contributed by atoms with Gasteiger partial charge in [-0.15, -0.1) is 0 Å². The molecule has 0 radical (unpaired) electrons. The second-order valence-electron chi connectivity index (χ2n) is 6.82. The maximum absolute atomic E-state index is 13.1. The number of hydrogen-bond donors (Lipinski definition) is 1. The number of hydrogen-bond acceptors (Lipinski definition) is 5. The fourth-order valence-corrected chi connectivity index (χ4v) is 5.02. The van der Waals surface area contributed by atoms with Gasteiger partial charge in [0, 0.05) is 25.7 Å². The molecule has 1 saturated heterocycles. The zero-order valence-corrected chi connectivity index (χ0v) is 17.5. The monoisotopic (exact) mass is 406 g/mol. The Morgan fingerprint density at radius 3 is 2.50 bits per heavy atom. The van der Waals surface area contributed by atoms with Crippen molar-refractivity contribution in [3.05, 3.63) is 40.7 Å². The molecular formula is C19H26N4O4S. The summed E-state index contributed by atoms with van der Waals surface area (Å²) < 4.78 is 34.6. The van der Waals surface area contributed by atoms with E-state index in [1.807, 2.05) is 20.8 Å². The molecule has 1 aliphatic heterocycles. The molecule has 28 heavy (non-hydrogen) atoms. The number of carbonyl (C=O) groups is 1. The van der Waals surface area contributed by atoms with Crippen molar-refractivity contribution in [3.63, 3.8) is 0 Å². The quantitative estimate of drug-likeness (QED) is 0.818. The lowest BCUT2D eigenvalue weighted by Crippen LogP contribution is -2.41. The molecule has 0 spiro atoms. The third-order valence-corrected chi connectivity index (χ3v) is 7.03. The minimum atomic E-state index is -3.69. The molecule has 9 heteroatoms. The van der Waals surface area contributed by atoms with Crippen LogP contribution < -0.4 is 5.32 Å². The van der Waals surface area contributed by atoms with Gasteiger partial charge in [0.1, 0.15) is 0 Å². The number of anilines is 1. The highest BCUT2D eigenvalue weighted by Gasteiger charge is 2.29. The van der Waals surface area contributed by atoms with Crippen molar-refractivity contribution in [2.75, 3.05) is 31.6 Å². The number of benzene rings is 1. The zero-order chi connectivity index (χ0) is 20.5. The van der Waals surface area contributed by atoms with Gasteiger partial charge in [-0.2, -0.15) is 9.40 Å². The number of nitrogens with one attached hydrogen (secondary N) is 1. The van der Waals surface area contributed by atoms with Gasteiger partial charge in [-0.05, 0) is 38.0 Å². The van der Waals surface area contributed by atoms with Gasteiger partial charge in [-0.1, -0.05) is 13.0 Å². The van der Waals surface area contributed by atoms with Gasteiger partial charge in [-0.25, -0.2) is 8.42 Å². The molecule has 1 fully saturated rings. The molecule has 1 aromatic carbocycles. The minimum Gasteiger partial charge on any atom is -0.379 e. The molecule has 1 aromatic heterocycles. The lowest BCUT2D eigenvalue weighted by atomic mass is 10.1. The standard InChI is InChI=1S/C19H26N4O4S/c1-5-15-6-7-16(19(24)20-18-13(2)21-22(4)14(18)3)12-17(15)28(25,26)23-8-10-27-11-9-23/h6-7,12H,5,8-11H2,1-4H3,(H,20,24). The average Bonchev–Trinajstić information content (AvgIpc) is 2.94. The first-order valence-corrected chi connectivity index (χ1v) is 10.7. The molecule has 152 valence electrons. The van der Waals surface area contributed by atoms with Crippen LogP contribution in [0.4, 0.5) is 5.69 Å². The van der Waals surface area contributed by atoms with Gasteiger partial charge in [0.25, 0.3) is 5.91 Å². The molecule has 0 unspecified atom stereocenters. The van der Waals surface area contributed by atoms with E-state index in [9.17, 15) is 13.2 Å². The van der Waals surface area contributed by atoms with Crippen LogP contribution in [0.3, 0.4) is 0 Å². The Balaban J connectivity index is 1.95. The molecule has 2 aromatic rings. The Morgan fingerprint density at radius 1 is 1.25 bits per heavy atom. The number of morpholine rings is 1. The van der Waals surface area contributed by atoms with E-state index in [0.29, 0.717) is 55.2 Å². The Hall–Kier alpha value is -2.23. The van der Waals surface area contributed by atoms with E-state index in [1.165, 1.54) is 10.4 Å². The number of nitrogens with zero attached hydrogens (tertiary/aromatic N) is 3. The van der Waals surface area contributed by atoms with Crippen LogP contribution in [0.1, 0.15) is 34.2 Å². The van der Waals surface area contributed by atoms with Crippen molar-refractivity contribution >= 4 is 21.6 Å². The number of carbonyl (C=O) groups excluding carboxylic acids is 1. The van der Waals surface area contributed by atoms with E-state index >= 15 is 0 Å². The summed E-state index contributed by atoms with van der Waals surface area (Å²) in [6, 6.07) is 4.85. The van der Waals surface area contributed by atoms with Gasteiger partial charge in [0.2, 0.25) is 10.0 Å². The lowest BCUT2D eigenvalue weighted by Gasteiger charge is -2.27. The summed E-state index contributed by atoms with van der Waals surface area (Å²) in [5.41, 5.74) is 3.17. The third kappa shape index (κ3) is 3.82. The van der Waals surface area contributed by atoms with Crippen molar-refractivity contribution in [1.82, 2.24) is 14.1 Å². The van der Waals surface area contributed by atoms with Gasteiger partial charge in [0.15, 0.2) is 0 Å². The maximum atomic E-state index is 13.1. The van der Waals surface area contributed by atoms with Crippen LogP contribution in [-0.2, 0) is 28.2 Å². The molecule has 1 N–H and O–H groups in total. The first-order chi connectivity index (χ1) is 13.3. The minimum absolute atomic E-state index is 0.184. The van der Waals surface area contributed by atoms with Crippen LogP contribution in [0.2, 0.25) is 0 Å². The van der Waals surface area contributed by atoms with Gasteiger partial charge in [0.05, 0.1) is 35.2 Å². The van der Waals surface area contributed by atoms with Crippen LogP contribution in [-0.4, -0.2) is 54.7 Å². The van der Waals surface area contributed by atoms with E-state index in [0.717, 1.165) is 5.69 Å². The van der Waals surface area contributed by atoms with Crippen LogP contribution in [0.5, 0.6) is 0 Å². The van der Waals surface area contributed by atoms with Gasteiger partial charge in [-0.3, -0.25) is 9.48 Å². The predicted octanol–water partition coefficient (Wildman–Crippen LogP) is 1.87. The Labute approximate surface area is 165 Å². The average molecular weight is 407 g/mol. The van der Waals surface area contributed by atoms with Crippen LogP contribution >= 0.6 is 0 Å². The molecule has 0 saturated carbocycles. The number of ether oxygens (including phenoxy) is 1. The van der Waals surface area contributed by atoms with Crippen LogP contribution in [0, 0.1) is 13.8 Å². The van der Waals surface area contributed by atoms with Crippen molar-refractivity contribution in [3.8, 4) is 0 Å². The predicted molar refractivity (Wildman–Crippen MR) is 106 cm³/mol. The molecule has 1 amide bonds. The number of aryl methyl sites for hydroxylation is 3. The molecule has 8 nitrogen and oxygen atoms in total. The van der Waals surface area contributed by atoms with Crippen molar-refractivity contribution in [1.29, 1.82) is 0 Å². The molecule has 2 heterocycles. The van der Waals surface area contributed by atoms with E-state index in [1.54, 1.807) is 23.9 Å². The summed E-state index contributed by atoms with van der Waals surface area (Å²) in [5, 5.41) is 7.15. The second kappa shape index (κ2) is 8.02. The lowest BCUT2D eigenvalue weighted by molar-refractivity contribution is 0.0730. The van der Waals surface area contributed by atoms with Crippen molar-refractivity contribution in [2.24, 2.45) is 7.05 Å². The Morgan fingerprint density at radius 2 is 1.93 bits per heavy atom. The van der Waals surface area contributed by atoms with E-state index in [4.69, 9.17) is 4.74 Å². The summed E-state index contributed by atoms with van der Waals surface area (Å²) in [6.45, 7) is 6.96. The molecule has 0 aliphatic carbocycles. The van der Waals surface area contributed by atoms with E-state index in [-0.39, 0.29) is 10.8 Å². The fourth-order valence-electron chi connectivity index (χ4n) is 3.29. The largest absolute Gasteiger partial charge is 0.379 e. The number of sulfonamides is 1. The smallest absolute Gasteiger partial charge is 0.255 e. The molecular weight excluding hydrogens is 380 g/mol. The van der Waals surface area contributed by atoms with Gasteiger partial charge >= 0.3 is 0 Å². The highest BCUT2D eigenvalue weighted by atomic mass is 32.2. The Bertz CT molecular complexity index is 992. The normalized spacial score (nSPS) is 15.6. The molecule has 1 aliphatic rings. The SMILES string of the molecule is CCc1ccc(C(=O)Nc2c(C)nn(C)c2C)cc1S(=O)(=O)N1CCOCC1. The van der Waals surface area contributed by atoms with Gasteiger partial charge < -0.3 is 10.1 Å². The zero-order valence-electron chi connectivity index (χ0n) is 16.7. The first kappa shape index (κ1) is 20.5. The van der Waals surface area contributed by atoms with E-state index < -0.39 is 10.0 Å². The summed E-state index contributed by atoms with van der Waals surface area (Å²) in [7, 11) is -1.88. The van der Waals surface area contributed by atoms with Crippen molar-refractivity contribution in [2.45, 2.75) is 32.1 Å². The van der Waals surface area contributed by atoms with E-state index in [2.05, 4.69) is 10.4 Å². The maximum Gasteiger partial charge on any atom is 0.255 e. The number of amides is 1.